The van der Waals surface area contributed by atoms with Crippen LogP contribution in [0, 0.1) is 5.92 Å². The van der Waals surface area contributed by atoms with Crippen molar-refractivity contribution in [2.75, 3.05) is 0 Å². The average Bonchev–Trinajstić information content (AvgIpc) is 2.43. The summed E-state index contributed by atoms with van der Waals surface area (Å²) in [4.78, 5) is 36.6. The Kier molecular flexibility index (Phi) is 4.74. The second-order valence-electron chi connectivity index (χ2n) is 5.17. The Bertz CT molecular complexity index is 585. The second kappa shape index (κ2) is 6.36. The van der Waals surface area contributed by atoms with Crippen LogP contribution in [0.1, 0.15) is 35.7 Å². The first-order chi connectivity index (χ1) is 9.92. The zero-order valence-corrected chi connectivity index (χ0v) is 13.1. The number of carbonyl (C=O) groups is 3. The molecular formula is C14H16BrN3O3. The van der Waals surface area contributed by atoms with Gasteiger partial charge in [0, 0.05) is 22.9 Å². The Morgan fingerprint density at radius 2 is 2.00 bits per heavy atom. The molecule has 1 saturated heterocycles. The van der Waals surface area contributed by atoms with Gasteiger partial charge in [-0.15, -0.1) is 0 Å². The smallest absolute Gasteiger partial charge is 0.265 e. The summed E-state index contributed by atoms with van der Waals surface area (Å²) in [6.45, 7) is 2.10. The molecule has 0 saturated carbocycles. The molecule has 0 spiro atoms. The highest BCUT2D eigenvalue weighted by molar-refractivity contribution is 9.10. The highest BCUT2D eigenvalue weighted by Crippen LogP contribution is 2.25. The van der Waals surface area contributed by atoms with Crippen molar-refractivity contribution in [3.8, 4) is 0 Å². The summed E-state index contributed by atoms with van der Waals surface area (Å²) < 4.78 is 0.655. The van der Waals surface area contributed by atoms with Gasteiger partial charge in [0.2, 0.25) is 11.8 Å². The number of nitrogens with two attached hydrogens (primary N) is 1. The van der Waals surface area contributed by atoms with E-state index in [0.29, 0.717) is 22.9 Å². The van der Waals surface area contributed by atoms with E-state index in [1.807, 2.05) is 12.3 Å². The van der Waals surface area contributed by atoms with Gasteiger partial charge in [-0.25, -0.2) is 5.84 Å². The molecule has 1 aliphatic heterocycles. The Hall–Kier alpha value is -1.73. The van der Waals surface area contributed by atoms with Crippen LogP contribution in [-0.2, 0) is 16.1 Å². The first-order valence-electron chi connectivity index (χ1n) is 6.55. The van der Waals surface area contributed by atoms with Crippen LogP contribution in [-0.4, -0.2) is 22.6 Å². The second-order valence-corrected chi connectivity index (χ2v) is 6.02. The molecule has 1 aromatic rings. The van der Waals surface area contributed by atoms with Crippen LogP contribution in [0.5, 0.6) is 0 Å². The zero-order valence-electron chi connectivity index (χ0n) is 11.6. The van der Waals surface area contributed by atoms with Crippen molar-refractivity contribution in [1.29, 1.82) is 0 Å². The maximum Gasteiger partial charge on any atom is 0.265 e. The van der Waals surface area contributed by atoms with Crippen LogP contribution >= 0.6 is 15.9 Å². The molecule has 1 aliphatic rings. The first-order valence-corrected chi connectivity index (χ1v) is 7.34. The van der Waals surface area contributed by atoms with Gasteiger partial charge in [-0.05, 0) is 23.6 Å². The topological polar surface area (TPSA) is 92.5 Å². The molecule has 0 unspecified atom stereocenters. The van der Waals surface area contributed by atoms with Gasteiger partial charge in [0.1, 0.15) is 0 Å². The number of piperidine rings is 1. The standard InChI is InChI=1S/C14H16BrN3O3/c1-8-4-12(19)18(13(20)5-8)7-10-3-2-9(6-11(10)15)14(21)17-16/h2-3,6,8H,4-5,7,16H2,1H3,(H,17,21). The third-order valence-corrected chi connectivity index (χ3v) is 4.16. The highest BCUT2D eigenvalue weighted by atomic mass is 79.9. The van der Waals surface area contributed by atoms with Crippen LogP contribution in [0.15, 0.2) is 22.7 Å². The summed E-state index contributed by atoms with van der Waals surface area (Å²) in [7, 11) is 0. The fourth-order valence-corrected chi connectivity index (χ4v) is 2.78. The van der Waals surface area contributed by atoms with E-state index in [1.54, 1.807) is 18.2 Å². The fraction of sp³-hybridized carbons (Fsp3) is 0.357. The van der Waals surface area contributed by atoms with Gasteiger partial charge in [-0.3, -0.25) is 24.7 Å². The number of nitrogens with one attached hydrogen (secondary N) is 1. The normalized spacial score (nSPS) is 16.2. The highest BCUT2D eigenvalue weighted by Gasteiger charge is 2.30. The quantitative estimate of drug-likeness (QED) is 0.371. The van der Waals surface area contributed by atoms with Gasteiger partial charge in [0.15, 0.2) is 0 Å². The van der Waals surface area contributed by atoms with Crippen LogP contribution in [0.3, 0.4) is 0 Å². The van der Waals surface area contributed by atoms with Gasteiger partial charge in [0.25, 0.3) is 5.91 Å². The molecular weight excluding hydrogens is 338 g/mol. The maximum absolute atomic E-state index is 12.0. The summed E-state index contributed by atoms with van der Waals surface area (Å²) >= 11 is 3.35. The number of imide groups is 1. The van der Waals surface area contributed by atoms with Crippen molar-refractivity contribution in [1.82, 2.24) is 10.3 Å². The molecule has 6 nitrogen and oxygen atoms in total. The number of amides is 3. The monoisotopic (exact) mass is 353 g/mol. The summed E-state index contributed by atoms with van der Waals surface area (Å²) in [5, 5.41) is 0. The number of rotatable bonds is 3. The lowest BCUT2D eigenvalue weighted by atomic mass is 9.97. The number of nitrogen functional groups attached to an aromatic ring is 1. The lowest BCUT2D eigenvalue weighted by Gasteiger charge is -2.28. The number of halogens is 1. The third-order valence-electron chi connectivity index (χ3n) is 3.42. The maximum atomic E-state index is 12.0. The van der Waals surface area contributed by atoms with E-state index in [-0.39, 0.29) is 24.3 Å². The van der Waals surface area contributed by atoms with Gasteiger partial charge >= 0.3 is 0 Å². The SMILES string of the molecule is CC1CC(=O)N(Cc2ccc(C(=O)NN)cc2Br)C(=O)C1. The number of benzene rings is 1. The van der Waals surface area contributed by atoms with Gasteiger partial charge in [0.05, 0.1) is 6.54 Å². The number of likely N-dealkylation sites (tertiary alicyclic amines) is 1. The Labute approximate surface area is 130 Å². The Morgan fingerprint density at radius 1 is 1.38 bits per heavy atom. The van der Waals surface area contributed by atoms with Gasteiger partial charge in [-0.2, -0.15) is 0 Å². The van der Waals surface area contributed by atoms with Crippen molar-refractivity contribution in [2.24, 2.45) is 11.8 Å². The predicted octanol–water partition coefficient (Wildman–Crippen LogP) is 1.34. The molecule has 0 aliphatic carbocycles. The lowest BCUT2D eigenvalue weighted by Crippen LogP contribution is -2.42. The molecule has 0 bridgehead atoms. The number of nitrogens with zero attached hydrogens (tertiary/aromatic N) is 1. The Balaban J connectivity index is 2.18. The number of hydrogen-bond acceptors (Lipinski definition) is 4. The minimum Gasteiger partial charge on any atom is -0.290 e. The van der Waals surface area contributed by atoms with E-state index < -0.39 is 5.91 Å². The first kappa shape index (κ1) is 15.7. The van der Waals surface area contributed by atoms with Crippen LogP contribution in [0.4, 0.5) is 0 Å². The molecule has 7 heteroatoms. The molecule has 21 heavy (non-hydrogen) atoms. The summed E-state index contributed by atoms with van der Waals surface area (Å²) in [5.41, 5.74) is 3.21. The minimum atomic E-state index is -0.402. The number of hydrazine groups is 1. The third kappa shape index (κ3) is 3.48. The van der Waals surface area contributed by atoms with E-state index in [1.165, 1.54) is 4.90 Å². The molecule has 1 aromatic carbocycles. The van der Waals surface area contributed by atoms with Crippen molar-refractivity contribution in [3.05, 3.63) is 33.8 Å². The molecule has 1 heterocycles. The van der Waals surface area contributed by atoms with Crippen molar-refractivity contribution < 1.29 is 14.4 Å². The fourth-order valence-electron chi connectivity index (χ4n) is 2.27. The molecule has 112 valence electrons. The molecule has 3 N–H and O–H groups in total. The predicted molar refractivity (Wildman–Crippen MR) is 79.8 cm³/mol. The van der Waals surface area contributed by atoms with E-state index in [9.17, 15) is 14.4 Å². The molecule has 1 fully saturated rings. The van der Waals surface area contributed by atoms with E-state index in [4.69, 9.17) is 5.84 Å². The summed E-state index contributed by atoms with van der Waals surface area (Å²) in [5.74, 6) is 4.46. The van der Waals surface area contributed by atoms with Crippen molar-refractivity contribution in [3.63, 3.8) is 0 Å². The van der Waals surface area contributed by atoms with Gasteiger partial charge in [-0.1, -0.05) is 28.9 Å². The lowest BCUT2D eigenvalue weighted by molar-refractivity contribution is -0.150. The van der Waals surface area contributed by atoms with Crippen LogP contribution in [0.2, 0.25) is 0 Å². The van der Waals surface area contributed by atoms with Crippen LogP contribution in [0.25, 0.3) is 0 Å². The van der Waals surface area contributed by atoms with E-state index in [0.717, 1.165) is 5.56 Å². The summed E-state index contributed by atoms with van der Waals surface area (Å²) in [6, 6.07) is 4.91. The van der Waals surface area contributed by atoms with E-state index >= 15 is 0 Å². The molecule has 0 aromatic heterocycles. The molecule has 3 amide bonds. The molecule has 0 atom stereocenters. The summed E-state index contributed by atoms with van der Waals surface area (Å²) in [6.07, 6.45) is 0.772. The van der Waals surface area contributed by atoms with Crippen LogP contribution < -0.4 is 11.3 Å². The largest absolute Gasteiger partial charge is 0.290 e. The zero-order chi connectivity index (χ0) is 15.6. The Morgan fingerprint density at radius 3 is 2.52 bits per heavy atom. The van der Waals surface area contributed by atoms with Gasteiger partial charge < -0.3 is 0 Å². The number of hydrogen-bond donors (Lipinski definition) is 2. The van der Waals surface area contributed by atoms with Crippen molar-refractivity contribution in [2.45, 2.75) is 26.3 Å². The molecule has 0 radical (unpaired) electrons. The van der Waals surface area contributed by atoms with Crippen molar-refractivity contribution >= 4 is 33.7 Å². The minimum absolute atomic E-state index is 0.0975. The number of carbonyl (C=O) groups excluding carboxylic acids is 3. The molecule has 2 rings (SSSR count). The van der Waals surface area contributed by atoms with E-state index in [2.05, 4.69) is 15.9 Å². The average molecular weight is 354 g/mol.